The number of carboxylic acids is 1. The van der Waals surface area contributed by atoms with Crippen molar-refractivity contribution < 1.29 is 14.7 Å². The number of aryl methyl sites for hydroxylation is 2. The fourth-order valence-corrected chi connectivity index (χ4v) is 2.26. The lowest BCUT2D eigenvalue weighted by molar-refractivity contribution is -0.139. The molecule has 1 aliphatic rings. The van der Waals surface area contributed by atoms with Crippen molar-refractivity contribution >= 4 is 17.6 Å². The number of carboxylic acid groups (broad SMARTS) is 1. The summed E-state index contributed by atoms with van der Waals surface area (Å²) in [7, 11) is 1.70. The third kappa shape index (κ3) is 2.37. The Bertz CT molecular complexity index is 490. The van der Waals surface area contributed by atoms with E-state index in [-0.39, 0.29) is 11.8 Å². The monoisotopic (exact) mass is 247 g/mol. The Balaban J connectivity index is 2.14. The van der Waals surface area contributed by atoms with E-state index in [2.05, 4.69) is 0 Å². The van der Waals surface area contributed by atoms with Gasteiger partial charge in [-0.3, -0.25) is 9.59 Å². The van der Waals surface area contributed by atoms with Crippen molar-refractivity contribution in [1.29, 1.82) is 0 Å². The van der Waals surface area contributed by atoms with E-state index in [1.807, 2.05) is 32.0 Å². The highest BCUT2D eigenvalue weighted by Crippen LogP contribution is 2.40. The first-order valence-corrected chi connectivity index (χ1v) is 5.99. The number of carbonyl (C=O) groups excluding carboxylic acids is 1. The van der Waals surface area contributed by atoms with Gasteiger partial charge in [-0.2, -0.15) is 0 Å². The van der Waals surface area contributed by atoms with E-state index in [0.29, 0.717) is 6.42 Å². The molecule has 1 saturated carbocycles. The lowest BCUT2D eigenvalue weighted by Crippen LogP contribution is -2.29. The SMILES string of the molecule is Cc1cc(C)cc(N(C)C(=O)C2CC2C(=O)O)c1. The van der Waals surface area contributed by atoms with Gasteiger partial charge in [-0.1, -0.05) is 6.07 Å². The predicted octanol–water partition coefficient (Wildman–Crippen LogP) is 1.99. The summed E-state index contributed by atoms with van der Waals surface area (Å²) in [5.41, 5.74) is 3.01. The van der Waals surface area contributed by atoms with Crippen LogP contribution in [0.4, 0.5) is 5.69 Å². The van der Waals surface area contributed by atoms with Gasteiger partial charge in [0.2, 0.25) is 5.91 Å². The summed E-state index contributed by atoms with van der Waals surface area (Å²) in [5, 5.41) is 8.84. The minimum absolute atomic E-state index is 0.104. The number of nitrogens with zero attached hydrogens (tertiary/aromatic N) is 1. The molecular formula is C14H17NO3. The van der Waals surface area contributed by atoms with Crippen molar-refractivity contribution in [2.45, 2.75) is 20.3 Å². The Labute approximate surface area is 106 Å². The summed E-state index contributed by atoms with van der Waals surface area (Å²) >= 11 is 0. The van der Waals surface area contributed by atoms with E-state index in [1.165, 1.54) is 0 Å². The molecular weight excluding hydrogens is 230 g/mol. The molecule has 2 unspecified atom stereocenters. The van der Waals surface area contributed by atoms with Crippen LogP contribution in [0.3, 0.4) is 0 Å². The quantitative estimate of drug-likeness (QED) is 0.888. The van der Waals surface area contributed by atoms with Crippen LogP contribution in [0.1, 0.15) is 17.5 Å². The Kier molecular flexibility index (Phi) is 3.11. The van der Waals surface area contributed by atoms with Crippen molar-refractivity contribution in [2.24, 2.45) is 11.8 Å². The minimum Gasteiger partial charge on any atom is -0.481 e. The molecule has 1 N–H and O–H groups in total. The molecule has 0 heterocycles. The average Bonchev–Trinajstić information content (AvgIpc) is 3.05. The summed E-state index contributed by atoms with van der Waals surface area (Å²) in [4.78, 5) is 24.4. The van der Waals surface area contributed by atoms with Crippen LogP contribution in [0.5, 0.6) is 0 Å². The fourth-order valence-electron chi connectivity index (χ4n) is 2.26. The van der Waals surface area contributed by atoms with E-state index in [1.54, 1.807) is 11.9 Å². The zero-order valence-corrected chi connectivity index (χ0v) is 10.8. The Morgan fingerprint density at radius 2 is 1.72 bits per heavy atom. The second-order valence-electron chi connectivity index (χ2n) is 5.03. The molecule has 0 aliphatic heterocycles. The number of anilines is 1. The number of benzene rings is 1. The van der Waals surface area contributed by atoms with Gasteiger partial charge in [-0.05, 0) is 43.5 Å². The van der Waals surface area contributed by atoms with Gasteiger partial charge in [0.15, 0.2) is 0 Å². The highest BCUT2D eigenvalue weighted by Gasteiger charge is 2.49. The zero-order valence-electron chi connectivity index (χ0n) is 10.8. The lowest BCUT2D eigenvalue weighted by atomic mass is 10.1. The second-order valence-corrected chi connectivity index (χ2v) is 5.03. The highest BCUT2D eigenvalue weighted by molar-refractivity contribution is 5.99. The van der Waals surface area contributed by atoms with Crippen LogP contribution in [0, 0.1) is 25.7 Å². The van der Waals surface area contributed by atoms with Crippen LogP contribution >= 0.6 is 0 Å². The first-order valence-electron chi connectivity index (χ1n) is 5.99. The molecule has 96 valence electrons. The number of rotatable bonds is 3. The van der Waals surface area contributed by atoms with Crippen LogP contribution in [-0.2, 0) is 9.59 Å². The maximum Gasteiger partial charge on any atom is 0.307 e. The minimum atomic E-state index is -0.873. The smallest absolute Gasteiger partial charge is 0.307 e. The molecule has 0 spiro atoms. The largest absolute Gasteiger partial charge is 0.481 e. The Morgan fingerprint density at radius 1 is 1.17 bits per heavy atom. The number of carbonyl (C=O) groups is 2. The lowest BCUT2D eigenvalue weighted by Gasteiger charge is -2.18. The zero-order chi connectivity index (χ0) is 13.4. The van der Waals surface area contributed by atoms with Crippen molar-refractivity contribution in [2.75, 3.05) is 11.9 Å². The maximum absolute atomic E-state index is 12.1. The molecule has 4 heteroatoms. The van der Waals surface area contributed by atoms with E-state index in [0.717, 1.165) is 16.8 Å². The standard InChI is InChI=1S/C14H17NO3/c1-8-4-9(2)6-10(5-8)15(3)13(16)11-7-12(11)14(17)18/h4-6,11-12H,7H2,1-3H3,(H,17,18). The van der Waals surface area contributed by atoms with Crippen molar-refractivity contribution in [3.05, 3.63) is 29.3 Å². The topological polar surface area (TPSA) is 57.6 Å². The number of hydrogen-bond donors (Lipinski definition) is 1. The van der Waals surface area contributed by atoms with Gasteiger partial charge >= 0.3 is 5.97 Å². The van der Waals surface area contributed by atoms with Gasteiger partial charge in [0.1, 0.15) is 0 Å². The number of amides is 1. The molecule has 2 atom stereocenters. The predicted molar refractivity (Wildman–Crippen MR) is 68.6 cm³/mol. The molecule has 0 bridgehead atoms. The van der Waals surface area contributed by atoms with Gasteiger partial charge in [0, 0.05) is 12.7 Å². The maximum atomic E-state index is 12.1. The summed E-state index contributed by atoms with van der Waals surface area (Å²) in [5.74, 6) is -1.83. The molecule has 1 fully saturated rings. The van der Waals surface area contributed by atoms with Gasteiger partial charge in [-0.25, -0.2) is 0 Å². The summed E-state index contributed by atoms with van der Waals surface area (Å²) in [6.07, 6.45) is 0.462. The number of aliphatic carboxylic acids is 1. The third-order valence-electron chi connectivity index (χ3n) is 3.35. The molecule has 18 heavy (non-hydrogen) atoms. The third-order valence-corrected chi connectivity index (χ3v) is 3.35. The van der Waals surface area contributed by atoms with Gasteiger partial charge < -0.3 is 10.0 Å². The van der Waals surface area contributed by atoms with Crippen molar-refractivity contribution in [1.82, 2.24) is 0 Å². The second kappa shape index (κ2) is 4.44. The van der Waals surface area contributed by atoms with Gasteiger partial charge in [-0.15, -0.1) is 0 Å². The molecule has 1 amide bonds. The summed E-state index contributed by atoms with van der Waals surface area (Å²) in [6, 6.07) is 5.91. The first kappa shape index (κ1) is 12.6. The molecule has 0 saturated heterocycles. The average molecular weight is 247 g/mol. The van der Waals surface area contributed by atoms with E-state index in [9.17, 15) is 9.59 Å². The van der Waals surface area contributed by atoms with Gasteiger partial charge in [0.05, 0.1) is 11.8 Å². The van der Waals surface area contributed by atoms with Crippen molar-refractivity contribution in [3.63, 3.8) is 0 Å². The van der Waals surface area contributed by atoms with Crippen LogP contribution in [0.25, 0.3) is 0 Å². The van der Waals surface area contributed by atoms with Crippen LogP contribution in [0.2, 0.25) is 0 Å². The molecule has 1 aromatic rings. The van der Waals surface area contributed by atoms with Crippen molar-refractivity contribution in [3.8, 4) is 0 Å². The van der Waals surface area contributed by atoms with Crippen LogP contribution in [-0.4, -0.2) is 24.0 Å². The van der Waals surface area contributed by atoms with E-state index in [4.69, 9.17) is 5.11 Å². The molecule has 2 rings (SSSR count). The molecule has 1 aliphatic carbocycles. The summed E-state index contributed by atoms with van der Waals surface area (Å²) < 4.78 is 0. The van der Waals surface area contributed by atoms with E-state index < -0.39 is 11.9 Å². The Morgan fingerprint density at radius 3 is 2.17 bits per heavy atom. The highest BCUT2D eigenvalue weighted by atomic mass is 16.4. The van der Waals surface area contributed by atoms with Crippen LogP contribution in [0.15, 0.2) is 18.2 Å². The first-order chi connectivity index (χ1) is 8.40. The normalized spacial score (nSPS) is 21.5. The Hall–Kier alpha value is -1.84. The molecule has 0 radical (unpaired) electrons. The van der Waals surface area contributed by atoms with Gasteiger partial charge in [0.25, 0.3) is 0 Å². The molecule has 1 aromatic carbocycles. The fraction of sp³-hybridized carbons (Fsp3) is 0.429. The number of hydrogen-bond acceptors (Lipinski definition) is 2. The van der Waals surface area contributed by atoms with Crippen LogP contribution < -0.4 is 4.90 Å². The summed E-state index contributed by atoms with van der Waals surface area (Å²) in [6.45, 7) is 3.96. The molecule has 0 aromatic heterocycles. The van der Waals surface area contributed by atoms with E-state index >= 15 is 0 Å². The molecule has 4 nitrogen and oxygen atoms in total.